The number of benzene rings is 3. The highest BCUT2D eigenvalue weighted by atomic mass is 35.5. The van der Waals surface area contributed by atoms with Gasteiger partial charge < -0.3 is 10.1 Å². The molecule has 0 spiro atoms. The molecule has 3 aromatic carbocycles. The van der Waals surface area contributed by atoms with Crippen molar-refractivity contribution in [1.29, 1.82) is 0 Å². The zero-order valence-electron chi connectivity index (χ0n) is 17.4. The molecular weight excluding hydrogens is 471 g/mol. The topological polar surface area (TPSA) is 84.5 Å². The van der Waals surface area contributed by atoms with Gasteiger partial charge in [-0.1, -0.05) is 59.6 Å². The Morgan fingerprint density at radius 1 is 1.00 bits per heavy atom. The number of anilines is 1. The largest absolute Gasteiger partial charge is 0.482 e. The minimum absolute atomic E-state index is 0.00335. The van der Waals surface area contributed by atoms with E-state index in [9.17, 15) is 13.2 Å². The second-order valence-corrected chi connectivity index (χ2v) is 9.68. The van der Waals surface area contributed by atoms with Crippen molar-refractivity contribution in [2.45, 2.75) is 24.8 Å². The van der Waals surface area contributed by atoms with Crippen molar-refractivity contribution in [3.8, 4) is 5.75 Å². The van der Waals surface area contributed by atoms with Crippen LogP contribution in [-0.2, 0) is 14.8 Å². The predicted octanol–water partition coefficient (Wildman–Crippen LogP) is 5.36. The number of rotatable bonds is 8. The fourth-order valence-electron chi connectivity index (χ4n) is 2.89. The van der Waals surface area contributed by atoms with Crippen LogP contribution in [0.5, 0.6) is 5.75 Å². The molecule has 0 aliphatic carbocycles. The Kier molecular flexibility index (Phi) is 7.79. The molecule has 0 fully saturated rings. The highest BCUT2D eigenvalue weighted by molar-refractivity contribution is 7.89. The van der Waals surface area contributed by atoms with E-state index in [2.05, 4.69) is 10.0 Å². The fraction of sp³-hybridized carbons (Fsp3) is 0.174. The van der Waals surface area contributed by atoms with Crippen molar-refractivity contribution in [3.05, 3.63) is 87.9 Å². The SMILES string of the molecule is Cc1ccc(NC(=O)COc2ccc(S(=O)(=O)N[C@H](C)c3ccccc3)cc2Cl)cc1Cl. The predicted molar refractivity (Wildman–Crippen MR) is 127 cm³/mol. The van der Waals surface area contributed by atoms with E-state index < -0.39 is 22.0 Å². The van der Waals surface area contributed by atoms with Gasteiger partial charge in [-0.25, -0.2) is 13.1 Å². The van der Waals surface area contributed by atoms with Crippen molar-refractivity contribution in [2.75, 3.05) is 11.9 Å². The van der Waals surface area contributed by atoms with Crippen LogP contribution < -0.4 is 14.8 Å². The maximum atomic E-state index is 12.7. The van der Waals surface area contributed by atoms with Gasteiger partial charge in [0.25, 0.3) is 5.91 Å². The lowest BCUT2D eigenvalue weighted by Crippen LogP contribution is -2.27. The van der Waals surface area contributed by atoms with Crippen molar-refractivity contribution in [2.24, 2.45) is 0 Å². The van der Waals surface area contributed by atoms with Crippen molar-refractivity contribution >= 4 is 44.8 Å². The van der Waals surface area contributed by atoms with E-state index in [-0.39, 0.29) is 22.3 Å². The molecule has 3 rings (SSSR count). The number of carbonyl (C=O) groups excluding carboxylic acids is 1. The third kappa shape index (κ3) is 6.23. The van der Waals surface area contributed by atoms with E-state index in [1.54, 1.807) is 25.1 Å². The van der Waals surface area contributed by atoms with Gasteiger partial charge in [0.15, 0.2) is 6.61 Å². The number of amides is 1. The van der Waals surface area contributed by atoms with Crippen LogP contribution in [0, 0.1) is 6.92 Å². The number of halogens is 2. The van der Waals surface area contributed by atoms with Gasteiger partial charge in [-0.15, -0.1) is 0 Å². The van der Waals surface area contributed by atoms with E-state index in [0.717, 1.165) is 11.1 Å². The van der Waals surface area contributed by atoms with Crippen LogP contribution in [0.15, 0.2) is 71.6 Å². The lowest BCUT2D eigenvalue weighted by Gasteiger charge is -2.15. The van der Waals surface area contributed by atoms with Crippen molar-refractivity contribution in [3.63, 3.8) is 0 Å². The monoisotopic (exact) mass is 492 g/mol. The standard InChI is InChI=1S/C23H22Cl2N2O4S/c1-15-8-9-18(12-20(15)24)26-23(28)14-31-22-11-10-19(13-21(22)25)32(29,30)27-16(2)17-6-4-3-5-7-17/h3-13,16,27H,14H2,1-2H3,(H,26,28)/t16-/m1/s1. The molecular formula is C23H22Cl2N2O4S. The summed E-state index contributed by atoms with van der Waals surface area (Å²) in [4.78, 5) is 12.1. The van der Waals surface area contributed by atoms with Crippen LogP contribution >= 0.6 is 23.2 Å². The smallest absolute Gasteiger partial charge is 0.262 e. The van der Waals surface area contributed by atoms with E-state index >= 15 is 0 Å². The number of hydrogen-bond acceptors (Lipinski definition) is 4. The van der Waals surface area contributed by atoms with Gasteiger partial charge >= 0.3 is 0 Å². The summed E-state index contributed by atoms with van der Waals surface area (Å²) in [6, 6.07) is 18.0. The normalized spacial score (nSPS) is 12.2. The Morgan fingerprint density at radius 3 is 2.38 bits per heavy atom. The summed E-state index contributed by atoms with van der Waals surface area (Å²) in [6.45, 7) is 3.31. The Hall–Kier alpha value is -2.58. The lowest BCUT2D eigenvalue weighted by atomic mass is 10.1. The number of nitrogens with one attached hydrogen (secondary N) is 2. The fourth-order valence-corrected chi connectivity index (χ4v) is 4.63. The van der Waals surface area contributed by atoms with Crippen LogP contribution in [0.1, 0.15) is 24.1 Å². The van der Waals surface area contributed by atoms with Crippen LogP contribution in [0.2, 0.25) is 10.0 Å². The van der Waals surface area contributed by atoms with Crippen LogP contribution in [0.4, 0.5) is 5.69 Å². The average molecular weight is 493 g/mol. The molecule has 0 saturated heterocycles. The third-order valence-electron chi connectivity index (χ3n) is 4.66. The molecule has 1 amide bonds. The molecule has 0 heterocycles. The Balaban J connectivity index is 1.62. The zero-order chi connectivity index (χ0) is 23.3. The van der Waals surface area contributed by atoms with Crippen molar-refractivity contribution in [1.82, 2.24) is 4.72 Å². The summed E-state index contributed by atoms with van der Waals surface area (Å²) in [6.07, 6.45) is 0. The minimum atomic E-state index is -3.81. The number of hydrogen-bond donors (Lipinski definition) is 2. The second kappa shape index (κ2) is 10.4. The molecule has 0 saturated carbocycles. The van der Waals surface area contributed by atoms with Crippen LogP contribution in [0.3, 0.4) is 0 Å². The molecule has 2 N–H and O–H groups in total. The summed E-state index contributed by atoms with van der Waals surface area (Å²) in [5.41, 5.74) is 2.28. The number of carbonyl (C=O) groups is 1. The maximum absolute atomic E-state index is 12.7. The molecule has 0 aliphatic rings. The lowest BCUT2D eigenvalue weighted by molar-refractivity contribution is -0.118. The Labute approximate surface area is 197 Å². The van der Waals surface area contributed by atoms with Gasteiger partial charge in [-0.05, 0) is 55.3 Å². The highest BCUT2D eigenvalue weighted by Crippen LogP contribution is 2.28. The molecule has 9 heteroatoms. The molecule has 168 valence electrons. The van der Waals surface area contributed by atoms with E-state index in [1.807, 2.05) is 37.3 Å². The number of ether oxygens (including phenoxy) is 1. The minimum Gasteiger partial charge on any atom is -0.482 e. The molecule has 6 nitrogen and oxygen atoms in total. The van der Waals surface area contributed by atoms with Gasteiger partial charge in [0.05, 0.1) is 9.92 Å². The first-order chi connectivity index (χ1) is 15.2. The molecule has 0 unspecified atom stereocenters. The Bertz CT molecular complexity index is 1220. The maximum Gasteiger partial charge on any atom is 0.262 e. The summed E-state index contributed by atoms with van der Waals surface area (Å²) in [5.74, 6) is -0.213. The quantitative estimate of drug-likeness (QED) is 0.443. The van der Waals surface area contributed by atoms with Gasteiger partial charge in [0.1, 0.15) is 5.75 Å². The summed E-state index contributed by atoms with van der Waals surface area (Å²) < 4.78 is 33.5. The summed E-state index contributed by atoms with van der Waals surface area (Å²) in [7, 11) is -3.81. The first-order valence-electron chi connectivity index (χ1n) is 9.71. The first-order valence-corrected chi connectivity index (χ1v) is 12.0. The zero-order valence-corrected chi connectivity index (χ0v) is 19.8. The molecule has 0 radical (unpaired) electrons. The van der Waals surface area contributed by atoms with E-state index in [4.69, 9.17) is 27.9 Å². The molecule has 3 aromatic rings. The van der Waals surface area contributed by atoms with Gasteiger partial charge in [-0.2, -0.15) is 0 Å². The molecule has 0 aromatic heterocycles. The number of aryl methyl sites for hydroxylation is 1. The van der Waals surface area contributed by atoms with E-state index in [1.165, 1.54) is 18.2 Å². The average Bonchev–Trinajstić information content (AvgIpc) is 2.75. The number of sulfonamides is 1. The highest BCUT2D eigenvalue weighted by Gasteiger charge is 2.20. The van der Waals surface area contributed by atoms with Crippen LogP contribution in [0.25, 0.3) is 0 Å². The second-order valence-electron chi connectivity index (χ2n) is 7.15. The molecule has 32 heavy (non-hydrogen) atoms. The van der Waals surface area contributed by atoms with Gasteiger partial charge in [0, 0.05) is 16.8 Å². The molecule has 0 bridgehead atoms. The Morgan fingerprint density at radius 2 is 1.72 bits per heavy atom. The first kappa shape index (κ1) is 24.1. The van der Waals surface area contributed by atoms with Gasteiger partial charge in [-0.3, -0.25) is 4.79 Å². The third-order valence-corrected chi connectivity index (χ3v) is 6.90. The van der Waals surface area contributed by atoms with Gasteiger partial charge in [0.2, 0.25) is 10.0 Å². The van der Waals surface area contributed by atoms with Crippen LogP contribution in [-0.4, -0.2) is 20.9 Å². The summed E-state index contributed by atoms with van der Waals surface area (Å²) in [5, 5.41) is 3.29. The van der Waals surface area contributed by atoms with Crippen molar-refractivity contribution < 1.29 is 17.9 Å². The van der Waals surface area contributed by atoms with E-state index in [0.29, 0.717) is 10.7 Å². The summed E-state index contributed by atoms with van der Waals surface area (Å²) >= 11 is 12.3. The molecule has 0 aliphatic heterocycles. The molecule has 1 atom stereocenters.